The number of hydrogen-bond acceptors (Lipinski definition) is 5. The molecule has 1 aromatic heterocycles. The number of carbonyl (C=O) groups is 2. The lowest BCUT2D eigenvalue weighted by atomic mass is 10.1. The minimum absolute atomic E-state index is 0.156. The van der Waals surface area contributed by atoms with Crippen LogP contribution < -0.4 is 10.1 Å². The second-order valence-corrected chi connectivity index (χ2v) is 6.43. The average molecular weight is 371 g/mol. The molecule has 27 heavy (non-hydrogen) atoms. The van der Waals surface area contributed by atoms with Crippen LogP contribution in [0.2, 0.25) is 0 Å². The summed E-state index contributed by atoms with van der Waals surface area (Å²) in [4.78, 5) is 30.0. The van der Waals surface area contributed by atoms with Crippen LogP contribution in [-0.4, -0.2) is 68.1 Å². The van der Waals surface area contributed by atoms with Crippen molar-refractivity contribution in [1.82, 2.24) is 15.2 Å². The van der Waals surface area contributed by atoms with Gasteiger partial charge in [0.2, 0.25) is 0 Å². The lowest BCUT2D eigenvalue weighted by Crippen LogP contribution is -2.38. The molecule has 0 unspecified atom stereocenters. The Bertz CT molecular complexity index is 781. The minimum atomic E-state index is -0.207. The second-order valence-electron chi connectivity index (χ2n) is 6.43. The maximum absolute atomic E-state index is 12.6. The monoisotopic (exact) mass is 371 g/mol. The van der Waals surface area contributed by atoms with Crippen molar-refractivity contribution in [2.75, 3.05) is 46.5 Å². The third-order valence-electron chi connectivity index (χ3n) is 4.56. The zero-order valence-corrected chi connectivity index (χ0v) is 15.5. The van der Waals surface area contributed by atoms with Crippen LogP contribution in [0.4, 0.5) is 0 Å². The van der Waals surface area contributed by atoms with Gasteiger partial charge in [-0.3, -0.25) is 14.5 Å². The van der Waals surface area contributed by atoms with Gasteiger partial charge < -0.3 is 19.8 Å². The molecule has 0 spiro atoms. The summed E-state index contributed by atoms with van der Waals surface area (Å²) >= 11 is 0. The molecule has 1 aromatic carbocycles. The van der Waals surface area contributed by atoms with E-state index in [1.54, 1.807) is 43.6 Å². The zero-order valence-electron chi connectivity index (χ0n) is 15.5. The van der Waals surface area contributed by atoms with Crippen LogP contribution in [0.1, 0.15) is 32.8 Å². The van der Waals surface area contributed by atoms with Crippen LogP contribution in [0.3, 0.4) is 0 Å². The summed E-state index contributed by atoms with van der Waals surface area (Å²) in [6.45, 7) is 4.97. The quantitative estimate of drug-likeness (QED) is 0.545. The number of ether oxygens (including phenoxy) is 2. The van der Waals surface area contributed by atoms with E-state index in [0.29, 0.717) is 29.1 Å². The van der Waals surface area contributed by atoms with Crippen LogP contribution in [0, 0.1) is 0 Å². The van der Waals surface area contributed by atoms with Gasteiger partial charge in [-0.25, -0.2) is 0 Å². The molecule has 2 N–H and O–H groups in total. The van der Waals surface area contributed by atoms with Crippen molar-refractivity contribution >= 4 is 11.7 Å². The van der Waals surface area contributed by atoms with Crippen molar-refractivity contribution in [1.29, 1.82) is 0 Å². The van der Waals surface area contributed by atoms with Gasteiger partial charge in [0.25, 0.3) is 5.91 Å². The molecule has 3 rings (SSSR count). The van der Waals surface area contributed by atoms with E-state index < -0.39 is 0 Å². The molecule has 7 heteroatoms. The van der Waals surface area contributed by atoms with Crippen LogP contribution >= 0.6 is 0 Å². The molecule has 2 aromatic rings. The molecule has 7 nitrogen and oxygen atoms in total. The Balaban J connectivity index is 1.50. The van der Waals surface area contributed by atoms with E-state index in [9.17, 15) is 9.59 Å². The fraction of sp³-hybridized carbons (Fsp3) is 0.400. The fourth-order valence-corrected chi connectivity index (χ4v) is 3.01. The first-order chi connectivity index (χ1) is 13.2. The number of nitrogens with one attached hydrogen (secondary N) is 2. The highest BCUT2D eigenvalue weighted by Crippen LogP contribution is 2.17. The Kier molecular flexibility index (Phi) is 6.62. The summed E-state index contributed by atoms with van der Waals surface area (Å²) in [5, 5.41) is 2.89. The lowest BCUT2D eigenvalue weighted by Gasteiger charge is -2.26. The number of ketones is 1. The van der Waals surface area contributed by atoms with Gasteiger partial charge in [0.15, 0.2) is 5.78 Å². The Hall–Kier alpha value is -2.64. The van der Waals surface area contributed by atoms with E-state index in [0.717, 1.165) is 39.3 Å². The molecular formula is C20H25N3O4. The second kappa shape index (κ2) is 9.34. The maximum Gasteiger partial charge on any atom is 0.267 e. The number of morpholine rings is 1. The lowest BCUT2D eigenvalue weighted by molar-refractivity contribution is 0.0374. The van der Waals surface area contributed by atoms with Crippen molar-refractivity contribution in [3.63, 3.8) is 0 Å². The van der Waals surface area contributed by atoms with Crippen LogP contribution in [0.25, 0.3) is 0 Å². The predicted octanol–water partition coefficient (Wildman–Crippen LogP) is 1.71. The number of amides is 1. The highest BCUT2D eigenvalue weighted by molar-refractivity contribution is 6.10. The van der Waals surface area contributed by atoms with Gasteiger partial charge in [0.1, 0.15) is 11.4 Å². The first-order valence-electron chi connectivity index (χ1n) is 9.13. The van der Waals surface area contributed by atoms with Gasteiger partial charge in [0, 0.05) is 37.0 Å². The van der Waals surface area contributed by atoms with Crippen LogP contribution in [0.5, 0.6) is 5.75 Å². The summed E-state index contributed by atoms with van der Waals surface area (Å²) in [5.74, 6) is 0.257. The van der Waals surface area contributed by atoms with Gasteiger partial charge >= 0.3 is 0 Å². The Labute approximate surface area is 158 Å². The molecule has 1 aliphatic rings. The first-order valence-corrected chi connectivity index (χ1v) is 9.13. The van der Waals surface area contributed by atoms with E-state index in [4.69, 9.17) is 9.47 Å². The largest absolute Gasteiger partial charge is 0.497 e. The predicted molar refractivity (Wildman–Crippen MR) is 101 cm³/mol. The number of carbonyl (C=O) groups excluding carboxylic acids is 2. The topological polar surface area (TPSA) is 83.7 Å². The number of hydrogen-bond donors (Lipinski definition) is 2. The molecule has 0 radical (unpaired) electrons. The van der Waals surface area contributed by atoms with Gasteiger partial charge in [-0.15, -0.1) is 0 Å². The summed E-state index contributed by atoms with van der Waals surface area (Å²) in [6, 6.07) is 8.54. The molecule has 1 amide bonds. The average Bonchev–Trinajstić information content (AvgIpc) is 3.21. The van der Waals surface area contributed by atoms with E-state index in [2.05, 4.69) is 15.2 Å². The van der Waals surface area contributed by atoms with E-state index in [1.807, 2.05) is 0 Å². The summed E-state index contributed by atoms with van der Waals surface area (Å²) in [6.07, 6.45) is 2.44. The smallest absolute Gasteiger partial charge is 0.267 e. The minimum Gasteiger partial charge on any atom is -0.497 e. The van der Waals surface area contributed by atoms with E-state index in [1.165, 1.54) is 0 Å². The number of aromatic amines is 1. The molecule has 144 valence electrons. The molecule has 2 heterocycles. The molecule has 0 atom stereocenters. The van der Waals surface area contributed by atoms with Crippen LogP contribution in [-0.2, 0) is 4.74 Å². The van der Waals surface area contributed by atoms with E-state index >= 15 is 0 Å². The third kappa shape index (κ3) is 5.18. The Morgan fingerprint density at radius 2 is 2.04 bits per heavy atom. The standard InChI is InChI=1S/C20H25N3O4/c1-26-17-5-2-4-15(12-17)19(24)16-13-18(22-14-16)20(25)21-6-3-7-23-8-10-27-11-9-23/h2,4-5,12-14,22H,3,6-11H2,1H3,(H,21,25). The van der Waals surface area contributed by atoms with Crippen molar-refractivity contribution in [3.05, 3.63) is 53.3 Å². The van der Waals surface area contributed by atoms with Gasteiger partial charge in [-0.05, 0) is 31.2 Å². The Morgan fingerprint density at radius 3 is 2.81 bits per heavy atom. The van der Waals surface area contributed by atoms with Crippen LogP contribution in [0.15, 0.2) is 36.5 Å². The number of H-pyrrole nitrogens is 1. The SMILES string of the molecule is COc1cccc(C(=O)c2c[nH]c(C(=O)NCCCN3CCOCC3)c2)c1. The highest BCUT2D eigenvalue weighted by Gasteiger charge is 2.15. The summed E-state index contributed by atoms with van der Waals surface area (Å²) < 4.78 is 10.5. The van der Waals surface area contributed by atoms with Gasteiger partial charge in [-0.1, -0.05) is 12.1 Å². The van der Waals surface area contributed by atoms with E-state index in [-0.39, 0.29) is 11.7 Å². The molecule has 0 saturated carbocycles. The molecule has 1 fully saturated rings. The van der Waals surface area contributed by atoms with Crippen molar-refractivity contribution in [2.24, 2.45) is 0 Å². The summed E-state index contributed by atoms with van der Waals surface area (Å²) in [7, 11) is 1.56. The third-order valence-corrected chi connectivity index (χ3v) is 4.56. The Morgan fingerprint density at radius 1 is 1.22 bits per heavy atom. The van der Waals surface area contributed by atoms with Crippen molar-refractivity contribution in [3.8, 4) is 5.75 Å². The highest BCUT2D eigenvalue weighted by atomic mass is 16.5. The number of benzene rings is 1. The van der Waals surface area contributed by atoms with Gasteiger partial charge in [-0.2, -0.15) is 0 Å². The van der Waals surface area contributed by atoms with Crippen molar-refractivity contribution in [2.45, 2.75) is 6.42 Å². The molecule has 1 aliphatic heterocycles. The van der Waals surface area contributed by atoms with Crippen molar-refractivity contribution < 1.29 is 19.1 Å². The normalized spacial score (nSPS) is 14.7. The molecule has 0 bridgehead atoms. The molecule has 0 aliphatic carbocycles. The number of rotatable bonds is 8. The summed E-state index contributed by atoms with van der Waals surface area (Å²) in [5.41, 5.74) is 1.35. The maximum atomic E-state index is 12.6. The molecular weight excluding hydrogens is 346 g/mol. The fourth-order valence-electron chi connectivity index (χ4n) is 3.01. The number of aromatic nitrogens is 1. The molecule has 1 saturated heterocycles. The first kappa shape index (κ1) is 19.1. The number of methoxy groups -OCH3 is 1. The number of nitrogens with zero attached hydrogens (tertiary/aromatic N) is 1. The zero-order chi connectivity index (χ0) is 19.1. The van der Waals surface area contributed by atoms with Gasteiger partial charge in [0.05, 0.1) is 20.3 Å².